The van der Waals surface area contributed by atoms with Crippen LogP contribution < -0.4 is 11.1 Å². The quantitative estimate of drug-likeness (QED) is 0.551. The maximum Gasteiger partial charge on any atom is 0.323 e. The number of nitrogens with two attached hydrogens (primary N) is 1. The molecule has 9 nitrogen and oxygen atoms in total. The number of rotatable bonds is 9. The van der Waals surface area contributed by atoms with Crippen molar-refractivity contribution in [3.63, 3.8) is 0 Å². The van der Waals surface area contributed by atoms with Crippen LogP contribution in [0.1, 0.15) is 36.5 Å². The fraction of sp³-hybridized carbons (Fsp3) is 0.353. The molecule has 0 spiro atoms. The van der Waals surface area contributed by atoms with Gasteiger partial charge in [-0.15, -0.1) is 10.2 Å². The second-order valence-electron chi connectivity index (χ2n) is 5.82. The van der Waals surface area contributed by atoms with E-state index in [-0.39, 0.29) is 12.5 Å². The van der Waals surface area contributed by atoms with Crippen LogP contribution in [-0.2, 0) is 22.6 Å². The monoisotopic (exact) mass is 391 g/mol. The lowest BCUT2D eigenvalue weighted by molar-refractivity contribution is -0.137. The lowest BCUT2D eigenvalue weighted by Gasteiger charge is -2.13. The van der Waals surface area contributed by atoms with Gasteiger partial charge in [0.2, 0.25) is 11.8 Å². The Kier molecular flexibility index (Phi) is 6.94. The minimum absolute atomic E-state index is 0.256. The van der Waals surface area contributed by atoms with Crippen molar-refractivity contribution in [3.05, 3.63) is 35.7 Å². The van der Waals surface area contributed by atoms with Crippen LogP contribution in [-0.4, -0.2) is 42.9 Å². The van der Waals surface area contributed by atoms with E-state index in [1.165, 1.54) is 16.7 Å². The van der Waals surface area contributed by atoms with E-state index in [4.69, 9.17) is 10.8 Å². The van der Waals surface area contributed by atoms with E-state index >= 15 is 0 Å². The zero-order chi connectivity index (χ0) is 20.0. The van der Waals surface area contributed by atoms with Crippen molar-refractivity contribution in [1.82, 2.24) is 14.8 Å². The number of hydrogen-bond acceptors (Lipinski definition) is 6. The van der Waals surface area contributed by atoms with E-state index in [0.29, 0.717) is 28.7 Å². The molecule has 0 aliphatic rings. The number of primary amides is 1. The maximum absolute atomic E-state index is 12.4. The number of carboxylic acid groups (broad SMARTS) is 1. The van der Waals surface area contributed by atoms with Gasteiger partial charge in [-0.25, -0.2) is 0 Å². The standard InChI is InChI=1S/C17H21N5O4S/c1-3-4-13-20-21-17(22(13)9-14(23)24)27-10(2)16(26)19-12-7-5-11(6-8-12)15(18)25/h5-8,10H,3-4,9H2,1-2H3,(H2,18,25)(H,19,26)(H,23,24). The first-order chi connectivity index (χ1) is 12.8. The van der Waals surface area contributed by atoms with E-state index in [1.807, 2.05) is 6.92 Å². The number of aliphatic carboxylic acids is 1. The summed E-state index contributed by atoms with van der Waals surface area (Å²) in [6.45, 7) is 3.40. The molecule has 4 N–H and O–H groups in total. The zero-order valence-corrected chi connectivity index (χ0v) is 15.8. The number of carbonyl (C=O) groups excluding carboxylic acids is 2. The fourth-order valence-corrected chi connectivity index (χ4v) is 3.15. The molecule has 1 atom stereocenters. The average molecular weight is 391 g/mol. The van der Waals surface area contributed by atoms with E-state index < -0.39 is 17.1 Å². The second kappa shape index (κ2) is 9.17. The summed E-state index contributed by atoms with van der Waals surface area (Å²) >= 11 is 1.13. The number of nitrogens with one attached hydrogen (secondary N) is 1. The Morgan fingerprint density at radius 1 is 1.26 bits per heavy atom. The van der Waals surface area contributed by atoms with Crippen LogP contribution in [0.5, 0.6) is 0 Å². The third-order valence-corrected chi connectivity index (χ3v) is 4.73. The van der Waals surface area contributed by atoms with Crippen molar-refractivity contribution >= 4 is 35.2 Å². The van der Waals surface area contributed by atoms with E-state index in [9.17, 15) is 14.4 Å². The predicted octanol–water partition coefficient (Wildman–Crippen LogP) is 1.53. The average Bonchev–Trinajstić information content (AvgIpc) is 2.96. The Bertz CT molecular complexity index is 834. The highest BCUT2D eigenvalue weighted by molar-refractivity contribution is 8.00. The summed E-state index contributed by atoms with van der Waals surface area (Å²) in [5, 5.41) is 19.7. The van der Waals surface area contributed by atoms with Crippen molar-refractivity contribution in [1.29, 1.82) is 0 Å². The number of aromatic nitrogens is 3. The number of amides is 2. The Morgan fingerprint density at radius 3 is 2.48 bits per heavy atom. The summed E-state index contributed by atoms with van der Waals surface area (Å²) < 4.78 is 1.52. The Hall–Kier alpha value is -2.88. The predicted molar refractivity (Wildman–Crippen MR) is 101 cm³/mol. The topological polar surface area (TPSA) is 140 Å². The smallest absolute Gasteiger partial charge is 0.323 e. The van der Waals surface area contributed by atoms with Gasteiger partial charge in [0.05, 0.1) is 5.25 Å². The first-order valence-corrected chi connectivity index (χ1v) is 9.21. The number of aryl methyl sites for hydroxylation is 1. The molecule has 0 bridgehead atoms. The minimum atomic E-state index is -0.999. The first-order valence-electron chi connectivity index (χ1n) is 8.33. The molecule has 2 rings (SSSR count). The van der Waals surface area contributed by atoms with Crippen molar-refractivity contribution in [2.45, 2.75) is 43.6 Å². The molecular formula is C17H21N5O4S. The summed E-state index contributed by atoms with van der Waals surface area (Å²) in [4.78, 5) is 34.6. The largest absolute Gasteiger partial charge is 0.480 e. The summed E-state index contributed by atoms with van der Waals surface area (Å²) in [5.74, 6) is -1.25. The second-order valence-corrected chi connectivity index (χ2v) is 7.13. The molecule has 2 amide bonds. The van der Waals surface area contributed by atoms with E-state index in [2.05, 4.69) is 15.5 Å². The van der Waals surface area contributed by atoms with Gasteiger partial charge in [-0.05, 0) is 37.6 Å². The summed E-state index contributed by atoms with van der Waals surface area (Å²) in [6, 6.07) is 6.22. The van der Waals surface area contributed by atoms with Gasteiger partial charge >= 0.3 is 5.97 Å². The van der Waals surface area contributed by atoms with E-state index in [1.54, 1.807) is 19.1 Å². The molecule has 1 aromatic carbocycles. The highest BCUT2D eigenvalue weighted by Crippen LogP contribution is 2.24. The van der Waals surface area contributed by atoms with Crippen LogP contribution in [0.2, 0.25) is 0 Å². The van der Waals surface area contributed by atoms with Gasteiger partial charge in [0.1, 0.15) is 12.4 Å². The molecule has 2 aromatic rings. The van der Waals surface area contributed by atoms with Crippen LogP contribution in [0.4, 0.5) is 5.69 Å². The van der Waals surface area contributed by atoms with Gasteiger partial charge in [0.25, 0.3) is 0 Å². The van der Waals surface area contributed by atoms with Gasteiger partial charge < -0.3 is 16.2 Å². The molecule has 1 unspecified atom stereocenters. The summed E-state index contributed by atoms with van der Waals surface area (Å²) in [6.07, 6.45) is 1.41. The lowest BCUT2D eigenvalue weighted by Crippen LogP contribution is -2.23. The van der Waals surface area contributed by atoms with Crippen LogP contribution in [0.25, 0.3) is 0 Å². The highest BCUT2D eigenvalue weighted by Gasteiger charge is 2.21. The molecule has 0 saturated carbocycles. The van der Waals surface area contributed by atoms with Gasteiger partial charge in [-0.1, -0.05) is 18.7 Å². The van der Waals surface area contributed by atoms with Crippen molar-refractivity contribution < 1.29 is 19.5 Å². The van der Waals surface area contributed by atoms with Crippen molar-refractivity contribution in [2.24, 2.45) is 5.73 Å². The van der Waals surface area contributed by atoms with Gasteiger partial charge in [-0.3, -0.25) is 19.0 Å². The van der Waals surface area contributed by atoms with Crippen molar-refractivity contribution in [3.8, 4) is 0 Å². The van der Waals surface area contributed by atoms with Gasteiger partial charge in [0, 0.05) is 17.7 Å². The minimum Gasteiger partial charge on any atom is -0.480 e. The van der Waals surface area contributed by atoms with Gasteiger partial charge in [-0.2, -0.15) is 0 Å². The summed E-state index contributed by atoms with van der Waals surface area (Å²) in [5.41, 5.74) is 6.06. The van der Waals surface area contributed by atoms with E-state index in [0.717, 1.165) is 18.2 Å². The molecule has 0 radical (unpaired) electrons. The molecule has 1 heterocycles. The zero-order valence-electron chi connectivity index (χ0n) is 15.0. The van der Waals surface area contributed by atoms with Crippen molar-refractivity contribution in [2.75, 3.05) is 5.32 Å². The number of nitrogens with zero attached hydrogens (tertiary/aromatic N) is 3. The Labute approximate surface area is 160 Å². The fourth-order valence-electron chi connectivity index (χ4n) is 2.28. The first kappa shape index (κ1) is 20.4. The molecular weight excluding hydrogens is 370 g/mol. The molecule has 0 aliphatic carbocycles. The number of anilines is 1. The normalized spacial score (nSPS) is 11.8. The lowest BCUT2D eigenvalue weighted by atomic mass is 10.2. The SMILES string of the molecule is CCCc1nnc(SC(C)C(=O)Nc2ccc(C(N)=O)cc2)n1CC(=O)O. The molecule has 144 valence electrons. The maximum atomic E-state index is 12.4. The molecule has 0 fully saturated rings. The third-order valence-electron chi connectivity index (χ3n) is 3.65. The Balaban J connectivity index is 2.07. The van der Waals surface area contributed by atoms with Gasteiger partial charge in [0.15, 0.2) is 5.16 Å². The van der Waals surface area contributed by atoms with Crippen LogP contribution in [0, 0.1) is 0 Å². The van der Waals surface area contributed by atoms with Crippen LogP contribution in [0.3, 0.4) is 0 Å². The highest BCUT2D eigenvalue weighted by atomic mass is 32.2. The number of carbonyl (C=O) groups is 3. The summed E-state index contributed by atoms with van der Waals surface area (Å²) in [7, 11) is 0. The van der Waals surface area contributed by atoms with Crippen LogP contribution in [0.15, 0.2) is 29.4 Å². The molecule has 1 aromatic heterocycles. The molecule has 0 aliphatic heterocycles. The number of hydrogen-bond donors (Lipinski definition) is 3. The number of benzene rings is 1. The molecule has 10 heteroatoms. The van der Waals surface area contributed by atoms with Crippen LogP contribution >= 0.6 is 11.8 Å². The Morgan fingerprint density at radius 2 is 1.93 bits per heavy atom. The molecule has 27 heavy (non-hydrogen) atoms. The molecule has 0 saturated heterocycles. The third kappa shape index (κ3) is 5.55. The number of thioether (sulfide) groups is 1. The number of carboxylic acids is 1.